The molecule has 0 saturated heterocycles. The minimum atomic E-state index is -0.912. The van der Waals surface area contributed by atoms with Crippen LogP contribution in [0.4, 0.5) is 0 Å². The van der Waals surface area contributed by atoms with E-state index < -0.39 is 5.97 Å². The number of amides is 1. The van der Waals surface area contributed by atoms with E-state index in [1.165, 1.54) is 6.08 Å². The van der Waals surface area contributed by atoms with Gasteiger partial charge in [0.05, 0.1) is 13.0 Å². The molecule has 2 N–H and O–H groups in total. The highest BCUT2D eigenvalue weighted by Crippen LogP contribution is 2.26. The van der Waals surface area contributed by atoms with Crippen LogP contribution in [0.25, 0.3) is 6.08 Å². The van der Waals surface area contributed by atoms with Crippen LogP contribution in [0.1, 0.15) is 30.9 Å². The van der Waals surface area contributed by atoms with Crippen molar-refractivity contribution in [1.29, 1.82) is 0 Å². The van der Waals surface area contributed by atoms with Crippen molar-refractivity contribution in [2.45, 2.75) is 32.2 Å². The molecule has 1 amide bonds. The fourth-order valence-electron chi connectivity index (χ4n) is 2.24. The zero-order valence-corrected chi connectivity index (χ0v) is 12.0. The number of rotatable bonds is 6. The SMILES string of the molecule is CCC(CC(=O)O)NC(=O)/C=C/c1ccc2c(c1)CCO2. The van der Waals surface area contributed by atoms with E-state index in [-0.39, 0.29) is 18.4 Å². The van der Waals surface area contributed by atoms with Gasteiger partial charge in [-0.25, -0.2) is 0 Å². The van der Waals surface area contributed by atoms with Gasteiger partial charge in [0.1, 0.15) is 5.75 Å². The second-order valence-corrected chi connectivity index (χ2v) is 5.01. The molecule has 1 aliphatic heterocycles. The van der Waals surface area contributed by atoms with Crippen LogP contribution in [-0.2, 0) is 16.0 Å². The Kier molecular flexibility index (Phi) is 4.98. The summed E-state index contributed by atoms with van der Waals surface area (Å²) in [4.78, 5) is 22.4. The van der Waals surface area contributed by atoms with Crippen LogP contribution in [0.3, 0.4) is 0 Å². The van der Waals surface area contributed by atoms with E-state index in [0.29, 0.717) is 13.0 Å². The third kappa shape index (κ3) is 4.34. The normalized spacial score (nSPS) is 14.5. The Balaban J connectivity index is 1.94. The van der Waals surface area contributed by atoms with Gasteiger partial charge in [-0.05, 0) is 35.8 Å². The molecule has 1 aromatic rings. The first kappa shape index (κ1) is 15.1. The average molecular weight is 289 g/mol. The maximum absolute atomic E-state index is 11.8. The predicted octanol–water partition coefficient (Wildman–Crippen LogP) is 2.00. The number of ether oxygens (including phenoxy) is 1. The van der Waals surface area contributed by atoms with E-state index in [4.69, 9.17) is 9.84 Å². The molecular formula is C16H19NO4. The van der Waals surface area contributed by atoms with E-state index >= 15 is 0 Å². The van der Waals surface area contributed by atoms with Crippen LogP contribution >= 0.6 is 0 Å². The van der Waals surface area contributed by atoms with Gasteiger partial charge < -0.3 is 15.2 Å². The van der Waals surface area contributed by atoms with Crippen LogP contribution in [0.5, 0.6) is 5.75 Å². The monoisotopic (exact) mass is 289 g/mol. The Labute approximate surface area is 123 Å². The summed E-state index contributed by atoms with van der Waals surface area (Å²) in [6.07, 6.45) is 4.57. The summed E-state index contributed by atoms with van der Waals surface area (Å²) < 4.78 is 5.42. The summed E-state index contributed by atoms with van der Waals surface area (Å²) in [7, 11) is 0. The van der Waals surface area contributed by atoms with Crippen LogP contribution < -0.4 is 10.1 Å². The van der Waals surface area contributed by atoms with Crippen LogP contribution in [-0.4, -0.2) is 29.6 Å². The van der Waals surface area contributed by atoms with E-state index in [2.05, 4.69) is 5.32 Å². The molecule has 5 nitrogen and oxygen atoms in total. The molecule has 0 fully saturated rings. The van der Waals surface area contributed by atoms with Gasteiger partial charge >= 0.3 is 5.97 Å². The topological polar surface area (TPSA) is 75.6 Å². The summed E-state index contributed by atoms with van der Waals surface area (Å²) in [5.74, 6) is -0.284. The third-order valence-corrected chi connectivity index (χ3v) is 3.40. The lowest BCUT2D eigenvalue weighted by molar-refractivity contribution is -0.137. The Bertz CT molecular complexity index is 565. The highest BCUT2D eigenvalue weighted by atomic mass is 16.5. The highest BCUT2D eigenvalue weighted by molar-refractivity contribution is 5.92. The summed E-state index contributed by atoms with van der Waals surface area (Å²) >= 11 is 0. The lowest BCUT2D eigenvalue weighted by Crippen LogP contribution is -2.34. The zero-order valence-electron chi connectivity index (χ0n) is 12.0. The highest BCUT2D eigenvalue weighted by Gasteiger charge is 2.13. The largest absolute Gasteiger partial charge is 0.493 e. The zero-order chi connectivity index (χ0) is 15.2. The van der Waals surface area contributed by atoms with Crippen molar-refractivity contribution < 1.29 is 19.4 Å². The number of benzene rings is 1. The van der Waals surface area contributed by atoms with Gasteiger partial charge in [-0.2, -0.15) is 0 Å². The number of carbonyl (C=O) groups excluding carboxylic acids is 1. The van der Waals surface area contributed by atoms with E-state index in [1.54, 1.807) is 6.08 Å². The smallest absolute Gasteiger partial charge is 0.305 e. The maximum Gasteiger partial charge on any atom is 0.305 e. The molecular weight excluding hydrogens is 270 g/mol. The van der Waals surface area contributed by atoms with Crippen molar-refractivity contribution in [2.24, 2.45) is 0 Å². The molecule has 0 spiro atoms. The Hall–Kier alpha value is -2.30. The molecule has 2 rings (SSSR count). The fraction of sp³-hybridized carbons (Fsp3) is 0.375. The Morgan fingerprint density at radius 1 is 1.48 bits per heavy atom. The first-order valence-electron chi connectivity index (χ1n) is 7.04. The molecule has 1 aromatic carbocycles. The molecule has 0 bridgehead atoms. The average Bonchev–Trinajstić information content (AvgIpc) is 2.91. The summed E-state index contributed by atoms with van der Waals surface area (Å²) in [6.45, 7) is 2.55. The van der Waals surface area contributed by atoms with Crippen LogP contribution in [0.2, 0.25) is 0 Å². The van der Waals surface area contributed by atoms with Crippen LogP contribution in [0.15, 0.2) is 24.3 Å². The second-order valence-electron chi connectivity index (χ2n) is 5.01. The molecule has 1 heterocycles. The number of aliphatic carboxylic acids is 1. The maximum atomic E-state index is 11.8. The van der Waals surface area contributed by atoms with Gasteiger partial charge in [0.25, 0.3) is 0 Å². The van der Waals surface area contributed by atoms with E-state index in [9.17, 15) is 9.59 Å². The fourth-order valence-corrected chi connectivity index (χ4v) is 2.24. The van der Waals surface area contributed by atoms with Gasteiger partial charge in [0, 0.05) is 18.5 Å². The predicted molar refractivity (Wildman–Crippen MR) is 79.1 cm³/mol. The van der Waals surface area contributed by atoms with Gasteiger partial charge in [-0.15, -0.1) is 0 Å². The van der Waals surface area contributed by atoms with Crippen LogP contribution in [0, 0.1) is 0 Å². The number of nitrogens with one attached hydrogen (secondary N) is 1. The molecule has 21 heavy (non-hydrogen) atoms. The van der Waals surface area contributed by atoms with Crippen molar-refractivity contribution in [2.75, 3.05) is 6.61 Å². The van der Waals surface area contributed by atoms with Crippen molar-refractivity contribution in [3.05, 3.63) is 35.4 Å². The molecule has 1 unspecified atom stereocenters. The molecule has 5 heteroatoms. The van der Waals surface area contributed by atoms with Crippen molar-refractivity contribution in [3.8, 4) is 5.75 Å². The number of fused-ring (bicyclic) bond motifs is 1. The molecule has 1 atom stereocenters. The molecule has 0 radical (unpaired) electrons. The molecule has 1 aliphatic rings. The Morgan fingerprint density at radius 2 is 2.29 bits per heavy atom. The van der Waals surface area contributed by atoms with Gasteiger partial charge in [0.15, 0.2) is 0 Å². The number of carbonyl (C=O) groups is 2. The number of hydrogen-bond acceptors (Lipinski definition) is 3. The minimum Gasteiger partial charge on any atom is -0.493 e. The molecule has 112 valence electrons. The van der Waals surface area contributed by atoms with Crippen molar-refractivity contribution >= 4 is 18.0 Å². The number of carboxylic acids is 1. The first-order chi connectivity index (χ1) is 10.1. The minimum absolute atomic E-state index is 0.0632. The summed E-state index contributed by atoms with van der Waals surface area (Å²) in [6, 6.07) is 5.45. The standard InChI is InChI=1S/C16H19NO4/c1-2-13(10-16(19)20)17-15(18)6-4-11-3-5-14-12(9-11)7-8-21-14/h3-6,9,13H,2,7-8,10H2,1H3,(H,17,18)(H,19,20)/b6-4+. The lowest BCUT2D eigenvalue weighted by atomic mass is 10.1. The van der Waals surface area contributed by atoms with E-state index in [0.717, 1.165) is 23.3 Å². The number of hydrogen-bond donors (Lipinski definition) is 2. The van der Waals surface area contributed by atoms with Crippen molar-refractivity contribution in [3.63, 3.8) is 0 Å². The van der Waals surface area contributed by atoms with Gasteiger partial charge in [-0.3, -0.25) is 9.59 Å². The quantitative estimate of drug-likeness (QED) is 0.785. The molecule has 0 saturated carbocycles. The first-order valence-corrected chi connectivity index (χ1v) is 7.04. The second kappa shape index (κ2) is 6.92. The third-order valence-electron chi connectivity index (χ3n) is 3.40. The Morgan fingerprint density at radius 3 is 3.00 bits per heavy atom. The van der Waals surface area contributed by atoms with E-state index in [1.807, 2.05) is 25.1 Å². The van der Waals surface area contributed by atoms with Gasteiger partial charge in [-0.1, -0.05) is 13.0 Å². The summed E-state index contributed by atoms with van der Waals surface area (Å²) in [5.41, 5.74) is 2.08. The lowest BCUT2D eigenvalue weighted by Gasteiger charge is -2.12. The number of carboxylic acid groups (broad SMARTS) is 1. The summed E-state index contributed by atoms with van der Waals surface area (Å²) in [5, 5.41) is 11.4. The molecule has 0 aromatic heterocycles. The molecule has 0 aliphatic carbocycles. The van der Waals surface area contributed by atoms with Crippen molar-refractivity contribution in [1.82, 2.24) is 5.32 Å². The van der Waals surface area contributed by atoms with Gasteiger partial charge in [0.2, 0.25) is 5.91 Å².